The van der Waals surface area contributed by atoms with Crippen molar-refractivity contribution < 1.29 is 13.5 Å². The Labute approximate surface area is 202 Å². The minimum atomic E-state index is -3.77. The number of aliphatic hydroxyl groups excluding tert-OH is 1. The number of hydrogen-bond acceptors (Lipinski definition) is 5. The standard InChI is InChI=1S/C27H33N3O3S/c1-2-3-8-21-9-7-17-30(20-21)27-15-12-23-19-24(13-14-25(23)28-27)34(32,33)29-26(16-18-31)22-10-5-4-6-11-22/h2-6,10-15,19,21,26,29,31H,7-9,16-18,20H2,1H3/b3-2+. The minimum absolute atomic E-state index is 0.113. The van der Waals surface area contributed by atoms with Crippen molar-refractivity contribution >= 4 is 26.7 Å². The normalized spacial score (nSPS) is 17.9. The molecule has 180 valence electrons. The van der Waals surface area contributed by atoms with Gasteiger partial charge in [-0.15, -0.1) is 0 Å². The third kappa shape index (κ3) is 5.84. The van der Waals surface area contributed by atoms with Crippen molar-refractivity contribution in [3.63, 3.8) is 0 Å². The van der Waals surface area contributed by atoms with E-state index in [-0.39, 0.29) is 11.5 Å². The maximum absolute atomic E-state index is 13.1. The van der Waals surface area contributed by atoms with Gasteiger partial charge in [0.2, 0.25) is 10.0 Å². The van der Waals surface area contributed by atoms with Crippen molar-refractivity contribution in [1.29, 1.82) is 0 Å². The average Bonchev–Trinajstić information content (AvgIpc) is 2.87. The lowest BCUT2D eigenvalue weighted by Gasteiger charge is -2.33. The molecular formula is C27H33N3O3S. The molecule has 6 nitrogen and oxygen atoms in total. The molecule has 2 atom stereocenters. The monoisotopic (exact) mass is 479 g/mol. The molecule has 1 saturated heterocycles. The Morgan fingerprint density at radius 3 is 2.76 bits per heavy atom. The van der Waals surface area contributed by atoms with E-state index in [0.29, 0.717) is 12.3 Å². The Kier molecular flexibility index (Phi) is 7.98. The van der Waals surface area contributed by atoms with Gasteiger partial charge in [-0.1, -0.05) is 42.5 Å². The molecule has 2 heterocycles. The summed E-state index contributed by atoms with van der Waals surface area (Å²) in [7, 11) is -3.77. The number of allylic oxidation sites excluding steroid dienone is 2. The summed E-state index contributed by atoms with van der Waals surface area (Å²) in [5.41, 5.74) is 1.60. The highest BCUT2D eigenvalue weighted by Crippen LogP contribution is 2.27. The summed E-state index contributed by atoms with van der Waals surface area (Å²) in [5, 5.41) is 10.2. The second-order valence-corrected chi connectivity index (χ2v) is 10.6. The van der Waals surface area contributed by atoms with Crippen molar-refractivity contribution in [1.82, 2.24) is 9.71 Å². The van der Waals surface area contributed by atoms with Crippen molar-refractivity contribution in [2.24, 2.45) is 5.92 Å². The van der Waals surface area contributed by atoms with Crippen LogP contribution in [-0.4, -0.2) is 38.2 Å². The van der Waals surface area contributed by atoms with Crippen LogP contribution in [0.5, 0.6) is 0 Å². The molecule has 3 aromatic rings. The Morgan fingerprint density at radius 2 is 2.00 bits per heavy atom. The van der Waals surface area contributed by atoms with Crippen LogP contribution in [0.2, 0.25) is 0 Å². The second-order valence-electron chi connectivity index (χ2n) is 8.88. The zero-order chi connectivity index (χ0) is 24.0. The van der Waals surface area contributed by atoms with E-state index in [1.807, 2.05) is 42.5 Å². The molecule has 1 aromatic heterocycles. The van der Waals surface area contributed by atoms with Crippen molar-refractivity contribution in [3.8, 4) is 0 Å². The fraction of sp³-hybridized carbons (Fsp3) is 0.370. The predicted octanol–water partition coefficient (Wildman–Crippen LogP) is 4.82. The number of hydrogen-bond donors (Lipinski definition) is 2. The number of sulfonamides is 1. The van der Waals surface area contributed by atoms with E-state index >= 15 is 0 Å². The molecular weight excluding hydrogens is 446 g/mol. The molecule has 1 aliphatic heterocycles. The fourth-order valence-corrected chi connectivity index (χ4v) is 5.89. The molecule has 0 spiro atoms. The van der Waals surface area contributed by atoms with Crippen LogP contribution in [0.25, 0.3) is 10.9 Å². The summed E-state index contributed by atoms with van der Waals surface area (Å²) in [5.74, 6) is 1.58. The van der Waals surface area contributed by atoms with E-state index in [4.69, 9.17) is 4.98 Å². The molecule has 0 amide bonds. The number of pyridine rings is 1. The van der Waals surface area contributed by atoms with Crippen molar-refractivity contribution in [3.05, 3.63) is 78.4 Å². The molecule has 0 radical (unpaired) electrons. The third-order valence-corrected chi connectivity index (χ3v) is 7.89. The van der Waals surface area contributed by atoms with Gasteiger partial charge in [-0.2, -0.15) is 0 Å². The highest BCUT2D eigenvalue weighted by molar-refractivity contribution is 7.89. The van der Waals surface area contributed by atoms with E-state index in [1.165, 1.54) is 6.42 Å². The lowest BCUT2D eigenvalue weighted by atomic mass is 9.94. The molecule has 2 N–H and O–H groups in total. The Balaban J connectivity index is 1.54. The summed E-state index contributed by atoms with van der Waals surface area (Å²) in [6.45, 7) is 3.93. The van der Waals surface area contributed by atoms with E-state index in [9.17, 15) is 13.5 Å². The van der Waals surface area contributed by atoms with Gasteiger partial charge in [-0.05, 0) is 74.4 Å². The fourth-order valence-electron chi connectivity index (χ4n) is 4.59. The van der Waals surface area contributed by atoms with Crippen LogP contribution in [0.15, 0.2) is 77.7 Å². The van der Waals surface area contributed by atoms with E-state index < -0.39 is 16.1 Å². The first-order valence-corrected chi connectivity index (χ1v) is 13.4. The van der Waals surface area contributed by atoms with E-state index in [1.54, 1.807) is 18.2 Å². The second kappa shape index (κ2) is 11.1. The Hall–Kier alpha value is -2.74. The van der Waals surface area contributed by atoms with Crippen molar-refractivity contribution in [2.75, 3.05) is 24.6 Å². The quantitative estimate of drug-likeness (QED) is 0.430. The Bertz CT molecular complexity index is 1230. The number of aliphatic hydroxyl groups is 1. The number of piperidine rings is 1. The molecule has 1 fully saturated rings. The van der Waals surface area contributed by atoms with Gasteiger partial charge in [0.15, 0.2) is 0 Å². The molecule has 0 bridgehead atoms. The maximum Gasteiger partial charge on any atom is 0.241 e. The van der Waals surface area contributed by atoms with Gasteiger partial charge in [0.05, 0.1) is 10.4 Å². The summed E-state index contributed by atoms with van der Waals surface area (Å²) >= 11 is 0. The van der Waals surface area contributed by atoms with Gasteiger partial charge >= 0.3 is 0 Å². The molecule has 1 aliphatic rings. The van der Waals surface area contributed by atoms with Gasteiger partial charge in [0.1, 0.15) is 5.82 Å². The number of rotatable bonds is 9. The number of nitrogens with zero attached hydrogens (tertiary/aromatic N) is 2. The lowest BCUT2D eigenvalue weighted by Crippen LogP contribution is -2.35. The van der Waals surface area contributed by atoms with Crippen LogP contribution >= 0.6 is 0 Å². The molecule has 2 unspecified atom stereocenters. The number of benzene rings is 2. The zero-order valence-corrected chi connectivity index (χ0v) is 20.4. The van der Waals surface area contributed by atoms with Gasteiger partial charge in [0, 0.05) is 31.1 Å². The lowest BCUT2D eigenvalue weighted by molar-refractivity contribution is 0.272. The molecule has 7 heteroatoms. The third-order valence-electron chi connectivity index (χ3n) is 6.42. The van der Waals surface area contributed by atoms with E-state index in [0.717, 1.165) is 48.2 Å². The minimum Gasteiger partial charge on any atom is -0.396 e. The molecule has 0 saturated carbocycles. The van der Waals surface area contributed by atoms with Gasteiger partial charge in [-0.25, -0.2) is 18.1 Å². The molecule has 2 aromatic carbocycles. The van der Waals surface area contributed by atoms with Crippen LogP contribution in [0.4, 0.5) is 5.82 Å². The number of anilines is 1. The van der Waals surface area contributed by atoms with Crippen LogP contribution in [0, 0.1) is 5.92 Å². The Morgan fingerprint density at radius 1 is 1.18 bits per heavy atom. The predicted molar refractivity (Wildman–Crippen MR) is 137 cm³/mol. The number of aromatic nitrogens is 1. The summed E-state index contributed by atoms with van der Waals surface area (Å²) in [6, 6.07) is 17.8. The molecule has 0 aliphatic carbocycles. The highest BCUT2D eigenvalue weighted by atomic mass is 32.2. The first-order chi connectivity index (χ1) is 16.5. The largest absolute Gasteiger partial charge is 0.396 e. The average molecular weight is 480 g/mol. The van der Waals surface area contributed by atoms with E-state index in [2.05, 4.69) is 28.7 Å². The summed E-state index contributed by atoms with van der Waals surface area (Å²) in [4.78, 5) is 7.36. The number of nitrogens with one attached hydrogen (secondary N) is 1. The highest BCUT2D eigenvalue weighted by Gasteiger charge is 2.23. The van der Waals surface area contributed by atoms with Crippen LogP contribution in [0.1, 0.15) is 44.2 Å². The van der Waals surface area contributed by atoms with Crippen molar-refractivity contribution in [2.45, 2.75) is 43.5 Å². The first-order valence-electron chi connectivity index (χ1n) is 11.9. The van der Waals surface area contributed by atoms with Gasteiger partial charge in [0.25, 0.3) is 0 Å². The zero-order valence-electron chi connectivity index (χ0n) is 19.6. The summed E-state index contributed by atoms with van der Waals surface area (Å²) in [6.07, 6.45) is 8.13. The first kappa shape index (κ1) is 24.4. The maximum atomic E-state index is 13.1. The SMILES string of the molecule is C/C=C/CC1CCCN(c2ccc3cc(S(=O)(=O)NC(CCO)c4ccccc4)ccc3n2)C1. The summed E-state index contributed by atoms with van der Waals surface area (Å²) < 4.78 is 29.0. The van der Waals surface area contributed by atoms with Crippen LogP contribution < -0.4 is 9.62 Å². The van der Waals surface area contributed by atoms with Gasteiger partial charge in [-0.3, -0.25) is 0 Å². The molecule has 4 rings (SSSR count). The molecule has 34 heavy (non-hydrogen) atoms. The smallest absolute Gasteiger partial charge is 0.241 e. The van der Waals surface area contributed by atoms with Crippen LogP contribution in [-0.2, 0) is 10.0 Å². The van der Waals surface area contributed by atoms with Crippen LogP contribution in [0.3, 0.4) is 0 Å². The number of fused-ring (bicyclic) bond motifs is 1. The topological polar surface area (TPSA) is 82.5 Å². The van der Waals surface area contributed by atoms with Gasteiger partial charge < -0.3 is 10.0 Å².